The van der Waals surface area contributed by atoms with Gasteiger partial charge in [0.25, 0.3) is 0 Å². The largest absolute Gasteiger partial charge is 0.478 e. The van der Waals surface area contributed by atoms with Crippen LogP contribution in [0.3, 0.4) is 0 Å². The maximum atomic E-state index is 11.5. The van der Waals surface area contributed by atoms with Gasteiger partial charge in [0.15, 0.2) is 5.78 Å². The maximum Gasteiger partial charge on any atom is 0.335 e. The molecule has 3 nitrogen and oxygen atoms in total. The molecule has 0 aromatic heterocycles. The van der Waals surface area contributed by atoms with Crippen molar-refractivity contribution in [2.75, 3.05) is 5.88 Å². The SMILES string of the molecule is O=C(O)c1ccc(Br)c(C(=O)CCCl)c1. The van der Waals surface area contributed by atoms with Gasteiger partial charge in [-0.3, -0.25) is 4.79 Å². The molecule has 1 rings (SSSR count). The number of carbonyl (C=O) groups excluding carboxylic acids is 1. The standard InChI is InChI=1S/C10H8BrClO3/c11-8-2-1-6(10(14)15)5-7(8)9(13)3-4-12/h1-2,5H,3-4H2,(H,14,15). The van der Waals surface area contributed by atoms with Crippen molar-refractivity contribution in [1.29, 1.82) is 0 Å². The molecule has 15 heavy (non-hydrogen) atoms. The third kappa shape index (κ3) is 3.04. The predicted molar refractivity (Wildman–Crippen MR) is 60.8 cm³/mol. The lowest BCUT2D eigenvalue weighted by Gasteiger charge is -2.03. The summed E-state index contributed by atoms with van der Waals surface area (Å²) in [6, 6.07) is 4.33. The van der Waals surface area contributed by atoms with E-state index in [4.69, 9.17) is 16.7 Å². The van der Waals surface area contributed by atoms with Gasteiger partial charge in [-0.05, 0) is 18.2 Å². The summed E-state index contributed by atoms with van der Waals surface area (Å²) >= 11 is 8.64. The van der Waals surface area contributed by atoms with Gasteiger partial charge in [-0.2, -0.15) is 0 Å². The minimum atomic E-state index is -1.05. The topological polar surface area (TPSA) is 54.4 Å². The number of aromatic carboxylic acids is 1. The zero-order valence-electron chi connectivity index (χ0n) is 7.67. The lowest BCUT2D eigenvalue weighted by atomic mass is 10.1. The molecule has 1 aromatic carbocycles. The third-order valence-corrected chi connectivity index (χ3v) is 2.72. The zero-order chi connectivity index (χ0) is 11.4. The Labute approximate surface area is 100 Å². The number of carboxylic acid groups (broad SMARTS) is 1. The number of hydrogen-bond donors (Lipinski definition) is 1. The fourth-order valence-corrected chi connectivity index (χ4v) is 1.73. The molecule has 0 unspecified atom stereocenters. The first-order chi connectivity index (χ1) is 7.06. The van der Waals surface area contributed by atoms with Crippen molar-refractivity contribution in [2.45, 2.75) is 6.42 Å². The number of alkyl halides is 1. The van der Waals surface area contributed by atoms with Crippen LogP contribution >= 0.6 is 27.5 Å². The van der Waals surface area contributed by atoms with Gasteiger partial charge in [-0.15, -0.1) is 11.6 Å². The van der Waals surface area contributed by atoms with E-state index >= 15 is 0 Å². The van der Waals surface area contributed by atoms with E-state index in [1.54, 1.807) is 6.07 Å². The van der Waals surface area contributed by atoms with Crippen molar-refractivity contribution in [3.63, 3.8) is 0 Å². The number of ketones is 1. The molecule has 0 atom stereocenters. The van der Waals surface area contributed by atoms with E-state index in [0.717, 1.165) is 0 Å². The Balaban J connectivity index is 3.10. The molecule has 0 spiro atoms. The molecule has 5 heteroatoms. The number of halogens is 2. The molecular formula is C10H8BrClO3. The Hall–Kier alpha value is -0.870. The monoisotopic (exact) mass is 290 g/mol. The zero-order valence-corrected chi connectivity index (χ0v) is 10.0. The van der Waals surface area contributed by atoms with Gasteiger partial charge in [0.1, 0.15) is 0 Å². The van der Waals surface area contributed by atoms with Gasteiger partial charge < -0.3 is 5.11 Å². The highest BCUT2D eigenvalue weighted by atomic mass is 79.9. The fraction of sp³-hybridized carbons (Fsp3) is 0.200. The van der Waals surface area contributed by atoms with Crippen LogP contribution in [-0.2, 0) is 0 Å². The summed E-state index contributed by atoms with van der Waals surface area (Å²) in [5.41, 5.74) is 0.451. The predicted octanol–water partition coefficient (Wildman–Crippen LogP) is 2.96. The minimum Gasteiger partial charge on any atom is -0.478 e. The van der Waals surface area contributed by atoms with E-state index < -0.39 is 5.97 Å². The average molecular weight is 292 g/mol. The molecule has 80 valence electrons. The lowest BCUT2D eigenvalue weighted by Crippen LogP contribution is -2.04. The van der Waals surface area contributed by atoms with Crippen molar-refractivity contribution in [1.82, 2.24) is 0 Å². The number of hydrogen-bond acceptors (Lipinski definition) is 2. The second-order valence-electron chi connectivity index (χ2n) is 2.86. The molecule has 0 aliphatic carbocycles. The Morgan fingerprint density at radius 1 is 1.40 bits per heavy atom. The highest BCUT2D eigenvalue weighted by molar-refractivity contribution is 9.10. The first-order valence-electron chi connectivity index (χ1n) is 4.18. The van der Waals surface area contributed by atoms with Crippen LogP contribution < -0.4 is 0 Å². The quantitative estimate of drug-likeness (QED) is 0.685. The number of benzene rings is 1. The molecule has 1 aromatic rings. The van der Waals surface area contributed by atoms with E-state index in [1.165, 1.54) is 12.1 Å². The van der Waals surface area contributed by atoms with Gasteiger partial charge in [-0.25, -0.2) is 4.79 Å². The molecule has 0 saturated heterocycles. The minimum absolute atomic E-state index is 0.0936. The Kier molecular flexibility index (Phi) is 4.29. The Morgan fingerprint density at radius 2 is 2.07 bits per heavy atom. The summed E-state index contributed by atoms with van der Waals surface area (Å²) in [5.74, 6) is -0.995. The molecule has 0 saturated carbocycles. The van der Waals surface area contributed by atoms with E-state index in [2.05, 4.69) is 15.9 Å². The molecule has 0 fully saturated rings. The lowest BCUT2D eigenvalue weighted by molar-refractivity contribution is 0.0697. The molecule has 0 aliphatic heterocycles. The molecule has 0 aliphatic rings. The van der Waals surface area contributed by atoms with Gasteiger partial charge >= 0.3 is 5.97 Å². The molecule has 0 heterocycles. The van der Waals surface area contributed by atoms with Crippen molar-refractivity contribution < 1.29 is 14.7 Å². The van der Waals surface area contributed by atoms with Crippen molar-refractivity contribution >= 4 is 39.3 Å². The number of Topliss-reactive ketones (excluding diaryl/α,β-unsaturated/α-hetero) is 1. The molecule has 0 radical (unpaired) electrons. The van der Waals surface area contributed by atoms with Crippen LogP contribution in [0.15, 0.2) is 22.7 Å². The van der Waals surface area contributed by atoms with Gasteiger partial charge in [0.05, 0.1) is 5.56 Å². The molecule has 1 N–H and O–H groups in total. The number of carbonyl (C=O) groups is 2. The van der Waals surface area contributed by atoms with Crippen LogP contribution in [0.25, 0.3) is 0 Å². The highest BCUT2D eigenvalue weighted by Crippen LogP contribution is 2.20. The fourth-order valence-electron chi connectivity index (χ4n) is 1.09. The summed E-state index contributed by atoms with van der Waals surface area (Å²) < 4.78 is 0.586. The van der Waals surface area contributed by atoms with E-state index in [9.17, 15) is 9.59 Å². The van der Waals surface area contributed by atoms with E-state index in [0.29, 0.717) is 10.0 Å². The molecule has 0 amide bonds. The van der Waals surface area contributed by atoms with Crippen molar-refractivity contribution in [2.24, 2.45) is 0 Å². The first-order valence-corrected chi connectivity index (χ1v) is 5.51. The molecular weight excluding hydrogens is 283 g/mol. The molecule has 0 bridgehead atoms. The van der Waals surface area contributed by atoms with Crippen molar-refractivity contribution in [3.8, 4) is 0 Å². The van der Waals surface area contributed by atoms with Crippen molar-refractivity contribution in [3.05, 3.63) is 33.8 Å². The van der Waals surface area contributed by atoms with E-state index in [-0.39, 0.29) is 23.6 Å². The van der Waals surface area contributed by atoms with Crippen LogP contribution in [-0.4, -0.2) is 22.7 Å². The van der Waals surface area contributed by atoms with Crippen LogP contribution in [0.4, 0.5) is 0 Å². The number of carboxylic acids is 1. The third-order valence-electron chi connectivity index (χ3n) is 1.84. The second kappa shape index (κ2) is 5.28. The van der Waals surface area contributed by atoms with Crippen LogP contribution in [0.5, 0.6) is 0 Å². The second-order valence-corrected chi connectivity index (χ2v) is 4.09. The Bertz CT molecular complexity index is 404. The van der Waals surface area contributed by atoms with Gasteiger partial charge in [0.2, 0.25) is 0 Å². The van der Waals surface area contributed by atoms with Crippen LogP contribution in [0, 0.1) is 0 Å². The van der Waals surface area contributed by atoms with E-state index in [1.807, 2.05) is 0 Å². The highest BCUT2D eigenvalue weighted by Gasteiger charge is 2.12. The summed E-state index contributed by atoms with van der Waals surface area (Å²) in [7, 11) is 0. The summed E-state index contributed by atoms with van der Waals surface area (Å²) in [6.07, 6.45) is 0.198. The van der Waals surface area contributed by atoms with Crippen LogP contribution in [0.2, 0.25) is 0 Å². The summed E-state index contributed by atoms with van der Waals surface area (Å²) in [4.78, 5) is 22.2. The summed E-state index contributed by atoms with van der Waals surface area (Å²) in [5, 5.41) is 8.76. The summed E-state index contributed by atoms with van der Waals surface area (Å²) in [6.45, 7) is 0. The first kappa shape index (κ1) is 12.2. The maximum absolute atomic E-state index is 11.5. The normalized spacial score (nSPS) is 10.0. The number of rotatable bonds is 4. The van der Waals surface area contributed by atoms with Crippen LogP contribution in [0.1, 0.15) is 27.1 Å². The average Bonchev–Trinajstić information content (AvgIpc) is 2.18. The Morgan fingerprint density at radius 3 is 2.60 bits per heavy atom. The van der Waals surface area contributed by atoms with Gasteiger partial charge in [0, 0.05) is 22.3 Å². The smallest absolute Gasteiger partial charge is 0.335 e. The van der Waals surface area contributed by atoms with Gasteiger partial charge in [-0.1, -0.05) is 15.9 Å².